The molecule has 98 valence electrons. The molecule has 0 saturated carbocycles. The molecule has 0 radical (unpaired) electrons. The van der Waals surface area contributed by atoms with Crippen LogP contribution in [0.1, 0.15) is 11.1 Å². The summed E-state index contributed by atoms with van der Waals surface area (Å²) in [5, 5.41) is 0.537. The number of rotatable bonds is 5. The number of halogens is 1. The number of aromatic nitrogens is 1. The average molecular weight is 273 g/mol. The molecule has 0 fully saturated rings. The van der Waals surface area contributed by atoms with Crippen molar-refractivity contribution in [3.63, 3.8) is 0 Å². The lowest BCUT2D eigenvalue weighted by Crippen LogP contribution is -2.17. The van der Waals surface area contributed by atoms with Gasteiger partial charge in [-0.05, 0) is 24.2 Å². The van der Waals surface area contributed by atoms with Crippen molar-refractivity contribution < 1.29 is 0 Å². The van der Waals surface area contributed by atoms with Gasteiger partial charge in [0.15, 0.2) is 0 Å². The predicted octanol–water partition coefficient (Wildman–Crippen LogP) is 3.88. The SMILES string of the molecule is CN(CC=Cc1ccccc1)Cc1ccc(Cl)nc1. The van der Waals surface area contributed by atoms with Gasteiger partial charge >= 0.3 is 0 Å². The third-order valence-corrected chi connectivity index (χ3v) is 2.99. The van der Waals surface area contributed by atoms with E-state index in [0.29, 0.717) is 5.15 Å². The zero-order chi connectivity index (χ0) is 13.5. The number of pyridine rings is 1. The summed E-state index contributed by atoms with van der Waals surface area (Å²) < 4.78 is 0. The van der Waals surface area contributed by atoms with Crippen molar-refractivity contribution in [3.05, 3.63) is 71.0 Å². The van der Waals surface area contributed by atoms with Crippen LogP contribution in [-0.4, -0.2) is 23.5 Å². The molecule has 0 amide bonds. The zero-order valence-corrected chi connectivity index (χ0v) is 11.7. The summed E-state index contributed by atoms with van der Waals surface area (Å²) in [5.74, 6) is 0. The Morgan fingerprint density at radius 3 is 2.63 bits per heavy atom. The average Bonchev–Trinajstić information content (AvgIpc) is 2.43. The lowest BCUT2D eigenvalue weighted by atomic mass is 10.2. The minimum absolute atomic E-state index is 0.537. The molecule has 0 aliphatic rings. The van der Waals surface area contributed by atoms with E-state index in [4.69, 9.17) is 11.6 Å². The van der Waals surface area contributed by atoms with Gasteiger partial charge in [0.2, 0.25) is 0 Å². The lowest BCUT2D eigenvalue weighted by molar-refractivity contribution is 0.363. The first-order chi connectivity index (χ1) is 9.24. The summed E-state index contributed by atoms with van der Waals surface area (Å²) in [6.07, 6.45) is 6.12. The maximum atomic E-state index is 5.76. The number of hydrogen-bond acceptors (Lipinski definition) is 2. The number of hydrogen-bond donors (Lipinski definition) is 0. The van der Waals surface area contributed by atoms with Crippen molar-refractivity contribution in [2.75, 3.05) is 13.6 Å². The first-order valence-corrected chi connectivity index (χ1v) is 6.62. The van der Waals surface area contributed by atoms with Crippen LogP contribution in [0.3, 0.4) is 0 Å². The minimum atomic E-state index is 0.537. The summed E-state index contributed by atoms with van der Waals surface area (Å²) in [5.41, 5.74) is 2.39. The molecule has 2 aromatic rings. The van der Waals surface area contributed by atoms with Crippen molar-refractivity contribution in [2.45, 2.75) is 6.54 Å². The van der Waals surface area contributed by atoms with Gasteiger partial charge in [-0.2, -0.15) is 0 Å². The molecule has 1 aromatic carbocycles. The van der Waals surface area contributed by atoms with Crippen LogP contribution in [0.25, 0.3) is 6.08 Å². The molecule has 1 heterocycles. The summed E-state index contributed by atoms with van der Waals surface area (Å²) in [6.45, 7) is 1.76. The summed E-state index contributed by atoms with van der Waals surface area (Å²) in [6, 6.07) is 14.1. The number of likely N-dealkylation sites (N-methyl/N-ethyl adjacent to an activating group) is 1. The quantitative estimate of drug-likeness (QED) is 0.768. The molecule has 1 aromatic heterocycles. The second-order valence-electron chi connectivity index (χ2n) is 4.50. The lowest BCUT2D eigenvalue weighted by Gasteiger charge is -2.13. The van der Waals surface area contributed by atoms with Crippen molar-refractivity contribution in [1.29, 1.82) is 0 Å². The predicted molar refractivity (Wildman–Crippen MR) is 81.1 cm³/mol. The Morgan fingerprint density at radius 1 is 1.16 bits per heavy atom. The van der Waals surface area contributed by atoms with Crippen LogP contribution >= 0.6 is 11.6 Å². The van der Waals surface area contributed by atoms with Gasteiger partial charge in [-0.25, -0.2) is 4.98 Å². The topological polar surface area (TPSA) is 16.1 Å². The Bertz CT molecular complexity index is 520. The highest BCUT2D eigenvalue weighted by Gasteiger charge is 1.98. The summed E-state index contributed by atoms with van der Waals surface area (Å²) in [4.78, 5) is 6.31. The molecule has 0 bridgehead atoms. The van der Waals surface area contributed by atoms with Gasteiger partial charge < -0.3 is 0 Å². The molecule has 3 heteroatoms. The molecule has 2 rings (SSSR count). The monoisotopic (exact) mass is 272 g/mol. The molecule has 2 nitrogen and oxygen atoms in total. The van der Waals surface area contributed by atoms with Crippen LogP contribution in [0, 0.1) is 0 Å². The van der Waals surface area contributed by atoms with Crippen molar-refractivity contribution in [3.8, 4) is 0 Å². The molecule has 0 spiro atoms. The van der Waals surface area contributed by atoms with Crippen LogP contribution in [0.15, 0.2) is 54.7 Å². The molecule has 0 atom stereocenters. The highest BCUT2D eigenvalue weighted by Crippen LogP contribution is 2.07. The Labute approximate surface area is 119 Å². The third-order valence-electron chi connectivity index (χ3n) is 2.77. The first kappa shape index (κ1) is 13.8. The van der Waals surface area contributed by atoms with Crippen molar-refractivity contribution in [1.82, 2.24) is 9.88 Å². The van der Waals surface area contributed by atoms with Crippen LogP contribution in [0.5, 0.6) is 0 Å². The number of benzene rings is 1. The first-order valence-electron chi connectivity index (χ1n) is 6.24. The van der Waals surface area contributed by atoms with Gasteiger partial charge in [-0.3, -0.25) is 4.90 Å². The Morgan fingerprint density at radius 2 is 1.95 bits per heavy atom. The molecule has 19 heavy (non-hydrogen) atoms. The second kappa shape index (κ2) is 7.07. The van der Waals surface area contributed by atoms with Crippen molar-refractivity contribution >= 4 is 17.7 Å². The Balaban J connectivity index is 1.83. The van der Waals surface area contributed by atoms with Crippen LogP contribution in [0.2, 0.25) is 5.15 Å². The van der Waals surface area contributed by atoms with E-state index in [1.165, 1.54) is 11.1 Å². The van der Waals surface area contributed by atoms with Gasteiger partial charge in [0, 0.05) is 19.3 Å². The van der Waals surface area contributed by atoms with Gasteiger partial charge in [-0.15, -0.1) is 0 Å². The van der Waals surface area contributed by atoms with Gasteiger partial charge in [-0.1, -0.05) is 60.2 Å². The van der Waals surface area contributed by atoms with Crippen LogP contribution in [0.4, 0.5) is 0 Å². The highest BCUT2D eigenvalue weighted by atomic mass is 35.5. The fraction of sp³-hybridized carbons (Fsp3) is 0.188. The normalized spacial score (nSPS) is 11.3. The van der Waals surface area contributed by atoms with E-state index in [9.17, 15) is 0 Å². The van der Waals surface area contributed by atoms with E-state index in [1.807, 2.05) is 36.5 Å². The largest absolute Gasteiger partial charge is 0.298 e. The summed E-state index contributed by atoms with van der Waals surface area (Å²) >= 11 is 5.76. The van der Waals surface area contributed by atoms with Gasteiger partial charge in [0.25, 0.3) is 0 Å². The fourth-order valence-corrected chi connectivity index (χ4v) is 1.92. The van der Waals surface area contributed by atoms with Crippen molar-refractivity contribution in [2.24, 2.45) is 0 Å². The highest BCUT2D eigenvalue weighted by molar-refractivity contribution is 6.29. The summed E-state index contributed by atoms with van der Waals surface area (Å²) in [7, 11) is 2.09. The molecule has 0 aliphatic carbocycles. The molecule has 0 aliphatic heterocycles. The fourth-order valence-electron chi connectivity index (χ4n) is 1.81. The molecule has 0 unspecified atom stereocenters. The number of nitrogens with zero attached hydrogens (tertiary/aromatic N) is 2. The van der Waals surface area contributed by atoms with Gasteiger partial charge in [0.1, 0.15) is 5.15 Å². The van der Waals surface area contributed by atoms with E-state index < -0.39 is 0 Å². The van der Waals surface area contributed by atoms with Crippen LogP contribution < -0.4 is 0 Å². The van der Waals surface area contributed by atoms with E-state index in [0.717, 1.165) is 13.1 Å². The maximum Gasteiger partial charge on any atom is 0.129 e. The zero-order valence-electron chi connectivity index (χ0n) is 11.0. The molecule has 0 saturated heterocycles. The standard InChI is InChI=1S/C16H17ClN2/c1-19(13-15-9-10-16(17)18-12-15)11-5-8-14-6-3-2-4-7-14/h2-10,12H,11,13H2,1H3. The molecule has 0 N–H and O–H groups in total. The van der Waals surface area contributed by atoms with E-state index >= 15 is 0 Å². The second-order valence-corrected chi connectivity index (χ2v) is 4.89. The maximum absolute atomic E-state index is 5.76. The van der Waals surface area contributed by atoms with E-state index in [1.54, 1.807) is 0 Å². The van der Waals surface area contributed by atoms with E-state index in [-0.39, 0.29) is 0 Å². The Kier molecular flexibility index (Phi) is 5.13. The Hall–Kier alpha value is -1.64. The minimum Gasteiger partial charge on any atom is -0.298 e. The smallest absolute Gasteiger partial charge is 0.129 e. The molecular weight excluding hydrogens is 256 g/mol. The van der Waals surface area contributed by atoms with E-state index in [2.05, 4.69) is 41.2 Å². The van der Waals surface area contributed by atoms with Gasteiger partial charge in [0.05, 0.1) is 0 Å². The van der Waals surface area contributed by atoms with Crippen LogP contribution in [-0.2, 0) is 6.54 Å². The molecular formula is C16H17ClN2. The third kappa shape index (κ3) is 4.86.